The second-order valence-corrected chi connectivity index (χ2v) is 3.49. The third-order valence-corrected chi connectivity index (χ3v) is 2.50. The van der Waals surface area contributed by atoms with Crippen LogP contribution in [0.5, 0.6) is 0 Å². The van der Waals surface area contributed by atoms with Gasteiger partial charge in [-0.3, -0.25) is 0 Å². The first kappa shape index (κ1) is 8.97. The predicted octanol–water partition coefficient (Wildman–Crippen LogP) is 0.348. The van der Waals surface area contributed by atoms with Crippen LogP contribution in [0, 0.1) is 17.2 Å². The molecule has 0 saturated carbocycles. The molecule has 0 aliphatic carbocycles. The Morgan fingerprint density at radius 3 is 3.07 bits per heavy atom. The molecule has 2 N–H and O–H groups in total. The maximum atomic E-state index is 8.87. The molecule has 1 aromatic heterocycles. The van der Waals surface area contributed by atoms with Gasteiger partial charge in [0.25, 0.3) is 0 Å². The van der Waals surface area contributed by atoms with E-state index in [2.05, 4.69) is 16.0 Å². The first-order valence-corrected chi connectivity index (χ1v) is 4.65. The van der Waals surface area contributed by atoms with E-state index in [1.54, 1.807) is 18.3 Å². The molecule has 0 bridgehead atoms. The highest BCUT2D eigenvalue weighted by molar-refractivity contribution is 5.55. The number of nitriles is 1. The van der Waals surface area contributed by atoms with E-state index in [4.69, 9.17) is 11.0 Å². The molecule has 1 aromatic rings. The molecule has 0 unspecified atom stereocenters. The Morgan fingerprint density at radius 2 is 2.43 bits per heavy atom. The van der Waals surface area contributed by atoms with Crippen molar-refractivity contribution in [3.05, 3.63) is 23.9 Å². The van der Waals surface area contributed by atoms with Crippen molar-refractivity contribution < 1.29 is 0 Å². The molecule has 0 radical (unpaired) electrons. The lowest BCUT2D eigenvalue weighted by molar-refractivity contribution is 0.417. The van der Waals surface area contributed by atoms with Crippen LogP contribution in [0.3, 0.4) is 0 Å². The van der Waals surface area contributed by atoms with Crippen LogP contribution in [0.15, 0.2) is 18.3 Å². The second kappa shape index (κ2) is 3.64. The predicted molar refractivity (Wildman–Crippen MR) is 53.7 cm³/mol. The molecule has 1 aliphatic rings. The molecule has 1 saturated heterocycles. The topological polar surface area (TPSA) is 65.9 Å². The lowest BCUT2D eigenvalue weighted by Gasteiger charge is -2.39. The zero-order valence-electron chi connectivity index (χ0n) is 7.85. The summed E-state index contributed by atoms with van der Waals surface area (Å²) in [6.45, 7) is 2.55. The van der Waals surface area contributed by atoms with E-state index in [1.165, 1.54) is 0 Å². The zero-order chi connectivity index (χ0) is 9.97. The molecule has 4 nitrogen and oxygen atoms in total. The van der Waals surface area contributed by atoms with Crippen molar-refractivity contribution in [1.82, 2.24) is 4.98 Å². The summed E-state index contributed by atoms with van der Waals surface area (Å²) < 4.78 is 0. The Bertz CT molecular complexity index is 363. The highest BCUT2D eigenvalue weighted by atomic mass is 15.2. The number of hydrogen-bond acceptors (Lipinski definition) is 4. The first-order chi connectivity index (χ1) is 6.85. The highest BCUT2D eigenvalue weighted by Crippen LogP contribution is 2.24. The number of anilines is 1. The SMILES string of the molecule is N#Cc1cccnc1N1CC(CN)C1. The van der Waals surface area contributed by atoms with Crippen molar-refractivity contribution in [2.45, 2.75) is 0 Å². The molecule has 2 rings (SSSR count). The lowest BCUT2D eigenvalue weighted by Crippen LogP contribution is -2.50. The molecule has 72 valence electrons. The number of pyridine rings is 1. The molecule has 14 heavy (non-hydrogen) atoms. The first-order valence-electron chi connectivity index (χ1n) is 4.65. The van der Waals surface area contributed by atoms with Gasteiger partial charge < -0.3 is 10.6 Å². The fourth-order valence-electron chi connectivity index (χ4n) is 1.63. The van der Waals surface area contributed by atoms with E-state index < -0.39 is 0 Å². The van der Waals surface area contributed by atoms with Crippen LogP contribution in [0.4, 0.5) is 5.82 Å². The van der Waals surface area contributed by atoms with Gasteiger partial charge in [0.15, 0.2) is 0 Å². The summed E-state index contributed by atoms with van der Waals surface area (Å²) >= 11 is 0. The molecular formula is C10H12N4. The van der Waals surface area contributed by atoms with E-state index in [9.17, 15) is 0 Å². The zero-order valence-corrected chi connectivity index (χ0v) is 7.85. The Hall–Kier alpha value is -1.60. The highest BCUT2D eigenvalue weighted by Gasteiger charge is 2.27. The van der Waals surface area contributed by atoms with Gasteiger partial charge in [-0.1, -0.05) is 0 Å². The molecule has 1 fully saturated rings. The number of aromatic nitrogens is 1. The minimum Gasteiger partial charge on any atom is -0.355 e. The third kappa shape index (κ3) is 1.42. The van der Waals surface area contributed by atoms with Crippen molar-refractivity contribution in [1.29, 1.82) is 5.26 Å². The lowest BCUT2D eigenvalue weighted by atomic mass is 10.00. The van der Waals surface area contributed by atoms with Crippen LogP contribution < -0.4 is 10.6 Å². The minimum absolute atomic E-state index is 0.559. The fourth-order valence-corrected chi connectivity index (χ4v) is 1.63. The number of hydrogen-bond donors (Lipinski definition) is 1. The molecule has 0 atom stereocenters. The van der Waals surface area contributed by atoms with Gasteiger partial charge in [-0.15, -0.1) is 0 Å². The molecule has 0 aromatic carbocycles. The van der Waals surface area contributed by atoms with Gasteiger partial charge in [-0.25, -0.2) is 4.98 Å². The van der Waals surface area contributed by atoms with Crippen LogP contribution in [-0.4, -0.2) is 24.6 Å². The van der Waals surface area contributed by atoms with Crippen molar-refractivity contribution in [3.63, 3.8) is 0 Å². The van der Waals surface area contributed by atoms with Crippen LogP contribution in [0.1, 0.15) is 5.56 Å². The summed E-state index contributed by atoms with van der Waals surface area (Å²) in [6, 6.07) is 5.71. The average molecular weight is 188 g/mol. The smallest absolute Gasteiger partial charge is 0.146 e. The number of nitrogens with two attached hydrogens (primary N) is 1. The third-order valence-electron chi connectivity index (χ3n) is 2.50. The van der Waals surface area contributed by atoms with Crippen molar-refractivity contribution in [2.75, 3.05) is 24.5 Å². The molecule has 0 spiro atoms. The van der Waals surface area contributed by atoms with Gasteiger partial charge in [-0.05, 0) is 18.7 Å². The standard InChI is InChI=1S/C10H12N4/c11-4-8-6-14(7-8)10-9(5-12)2-1-3-13-10/h1-3,8H,4,6-7,11H2. The molecule has 4 heteroatoms. The number of nitrogens with zero attached hydrogens (tertiary/aromatic N) is 3. The van der Waals surface area contributed by atoms with E-state index >= 15 is 0 Å². The van der Waals surface area contributed by atoms with Crippen LogP contribution in [0.2, 0.25) is 0 Å². The maximum absolute atomic E-state index is 8.87. The minimum atomic E-state index is 0.559. The van der Waals surface area contributed by atoms with Gasteiger partial charge in [-0.2, -0.15) is 5.26 Å². The monoisotopic (exact) mass is 188 g/mol. The van der Waals surface area contributed by atoms with E-state index in [-0.39, 0.29) is 0 Å². The summed E-state index contributed by atoms with van der Waals surface area (Å²) in [6.07, 6.45) is 1.71. The van der Waals surface area contributed by atoms with Crippen molar-refractivity contribution in [2.24, 2.45) is 11.7 Å². The van der Waals surface area contributed by atoms with Gasteiger partial charge in [0, 0.05) is 25.2 Å². The summed E-state index contributed by atoms with van der Waals surface area (Å²) in [7, 11) is 0. The van der Waals surface area contributed by atoms with E-state index in [0.717, 1.165) is 18.9 Å². The summed E-state index contributed by atoms with van der Waals surface area (Å²) in [4.78, 5) is 6.30. The molecular weight excluding hydrogens is 176 g/mol. The maximum Gasteiger partial charge on any atom is 0.146 e. The summed E-state index contributed by atoms with van der Waals surface area (Å²) in [5.74, 6) is 1.35. The Kier molecular flexibility index (Phi) is 2.33. The number of rotatable bonds is 2. The van der Waals surface area contributed by atoms with E-state index in [0.29, 0.717) is 18.0 Å². The Balaban J connectivity index is 2.15. The quantitative estimate of drug-likeness (QED) is 0.727. The van der Waals surface area contributed by atoms with Crippen LogP contribution in [-0.2, 0) is 0 Å². The summed E-state index contributed by atoms with van der Waals surface area (Å²) in [5, 5.41) is 8.87. The Labute approximate surface area is 83.0 Å². The molecule has 1 aliphatic heterocycles. The van der Waals surface area contributed by atoms with E-state index in [1.807, 2.05) is 0 Å². The van der Waals surface area contributed by atoms with Gasteiger partial charge in [0.1, 0.15) is 11.9 Å². The van der Waals surface area contributed by atoms with Gasteiger partial charge >= 0.3 is 0 Å². The van der Waals surface area contributed by atoms with Crippen molar-refractivity contribution >= 4 is 5.82 Å². The Morgan fingerprint density at radius 1 is 1.64 bits per heavy atom. The van der Waals surface area contributed by atoms with Gasteiger partial charge in [0.05, 0.1) is 5.56 Å². The molecule has 0 amide bonds. The van der Waals surface area contributed by atoms with Crippen LogP contribution >= 0.6 is 0 Å². The van der Waals surface area contributed by atoms with Crippen molar-refractivity contribution in [3.8, 4) is 6.07 Å². The molecule has 2 heterocycles. The normalized spacial score (nSPS) is 16.1. The summed E-state index contributed by atoms with van der Waals surface area (Å²) in [5.41, 5.74) is 6.17. The van der Waals surface area contributed by atoms with Crippen LogP contribution in [0.25, 0.3) is 0 Å². The fraction of sp³-hybridized carbons (Fsp3) is 0.400. The van der Waals surface area contributed by atoms with Gasteiger partial charge in [0.2, 0.25) is 0 Å². The largest absolute Gasteiger partial charge is 0.355 e. The average Bonchev–Trinajstić information content (AvgIpc) is 2.17. The second-order valence-electron chi connectivity index (χ2n) is 3.49.